The number of amides is 1. The maximum absolute atomic E-state index is 11.4. The summed E-state index contributed by atoms with van der Waals surface area (Å²) in [6.07, 6.45) is 0. The molecule has 0 bridgehead atoms. The molecule has 2 fully saturated rings. The van der Waals surface area contributed by atoms with Crippen molar-refractivity contribution in [3.05, 3.63) is 0 Å². The van der Waals surface area contributed by atoms with Crippen LogP contribution in [0.4, 0.5) is 0 Å². The van der Waals surface area contributed by atoms with Crippen LogP contribution in [0.5, 0.6) is 0 Å². The van der Waals surface area contributed by atoms with Crippen LogP contribution in [0.15, 0.2) is 0 Å². The summed E-state index contributed by atoms with van der Waals surface area (Å²) in [6, 6.07) is 0. The van der Waals surface area contributed by atoms with Gasteiger partial charge < -0.3 is 15.0 Å². The van der Waals surface area contributed by atoms with Gasteiger partial charge in [-0.3, -0.25) is 9.69 Å². The zero-order chi connectivity index (χ0) is 10.5. The van der Waals surface area contributed by atoms with Crippen molar-refractivity contribution in [2.75, 3.05) is 59.0 Å². The molecule has 0 saturated carbocycles. The SMILES string of the molecule is O=C1COCCN1CCN1CCNCC1. The summed E-state index contributed by atoms with van der Waals surface area (Å²) in [7, 11) is 0. The molecule has 1 amide bonds. The maximum atomic E-state index is 11.4. The molecule has 1 N–H and O–H groups in total. The minimum Gasteiger partial charge on any atom is -0.370 e. The van der Waals surface area contributed by atoms with Gasteiger partial charge in [-0.2, -0.15) is 0 Å². The highest BCUT2D eigenvalue weighted by atomic mass is 16.5. The Balaban J connectivity index is 1.69. The lowest BCUT2D eigenvalue weighted by Gasteiger charge is -2.32. The Hall–Kier alpha value is -0.650. The van der Waals surface area contributed by atoms with Crippen LogP contribution in [0.3, 0.4) is 0 Å². The standard InChI is InChI=1S/C10H19N3O2/c14-10-9-15-8-7-13(10)6-5-12-3-1-11-2-4-12/h11H,1-9H2. The molecule has 2 saturated heterocycles. The normalized spacial score (nSPS) is 24.5. The van der Waals surface area contributed by atoms with Gasteiger partial charge in [-0.1, -0.05) is 0 Å². The average Bonchev–Trinajstić information content (AvgIpc) is 2.29. The first-order valence-electron chi connectivity index (χ1n) is 5.65. The van der Waals surface area contributed by atoms with Crippen LogP contribution in [-0.4, -0.2) is 74.7 Å². The summed E-state index contributed by atoms with van der Waals surface area (Å²) in [4.78, 5) is 15.7. The van der Waals surface area contributed by atoms with Crippen molar-refractivity contribution in [2.24, 2.45) is 0 Å². The van der Waals surface area contributed by atoms with E-state index in [1.165, 1.54) is 0 Å². The third-order valence-corrected chi connectivity index (χ3v) is 2.98. The second-order valence-corrected chi connectivity index (χ2v) is 4.03. The van der Waals surface area contributed by atoms with Crippen LogP contribution in [0, 0.1) is 0 Å². The molecule has 0 atom stereocenters. The summed E-state index contributed by atoms with van der Waals surface area (Å²) in [5.74, 6) is 0.136. The maximum Gasteiger partial charge on any atom is 0.248 e. The van der Waals surface area contributed by atoms with E-state index in [1.807, 2.05) is 4.90 Å². The zero-order valence-electron chi connectivity index (χ0n) is 9.07. The molecule has 0 aromatic heterocycles. The number of ether oxygens (including phenoxy) is 1. The van der Waals surface area contributed by atoms with Gasteiger partial charge in [0.2, 0.25) is 5.91 Å². The summed E-state index contributed by atoms with van der Waals surface area (Å²) >= 11 is 0. The monoisotopic (exact) mass is 213 g/mol. The van der Waals surface area contributed by atoms with Crippen LogP contribution < -0.4 is 5.32 Å². The van der Waals surface area contributed by atoms with Gasteiger partial charge in [-0.15, -0.1) is 0 Å². The van der Waals surface area contributed by atoms with Gasteiger partial charge in [0.25, 0.3) is 0 Å². The van der Waals surface area contributed by atoms with Crippen molar-refractivity contribution in [3.63, 3.8) is 0 Å². The summed E-state index contributed by atoms with van der Waals surface area (Å²) in [5.41, 5.74) is 0. The van der Waals surface area contributed by atoms with Crippen molar-refractivity contribution in [1.82, 2.24) is 15.1 Å². The highest BCUT2D eigenvalue weighted by Gasteiger charge is 2.19. The molecule has 0 aromatic rings. The number of carbonyl (C=O) groups is 1. The summed E-state index contributed by atoms with van der Waals surface area (Å²) in [5, 5.41) is 3.32. The predicted octanol–water partition coefficient (Wildman–Crippen LogP) is -1.25. The fourth-order valence-electron chi connectivity index (χ4n) is 1.98. The Morgan fingerprint density at radius 1 is 1.20 bits per heavy atom. The molecule has 2 aliphatic rings. The molecule has 0 aliphatic carbocycles. The van der Waals surface area contributed by atoms with Crippen molar-refractivity contribution in [1.29, 1.82) is 0 Å². The van der Waals surface area contributed by atoms with Gasteiger partial charge in [0.05, 0.1) is 6.61 Å². The van der Waals surface area contributed by atoms with E-state index in [2.05, 4.69) is 10.2 Å². The van der Waals surface area contributed by atoms with Crippen LogP contribution in [0.25, 0.3) is 0 Å². The third-order valence-electron chi connectivity index (χ3n) is 2.98. The highest BCUT2D eigenvalue weighted by molar-refractivity contribution is 5.77. The lowest BCUT2D eigenvalue weighted by Crippen LogP contribution is -2.49. The Morgan fingerprint density at radius 3 is 2.73 bits per heavy atom. The minimum atomic E-state index is 0.136. The smallest absolute Gasteiger partial charge is 0.248 e. The molecule has 0 aromatic carbocycles. The van der Waals surface area contributed by atoms with E-state index in [0.717, 1.165) is 45.8 Å². The molecule has 5 heteroatoms. The van der Waals surface area contributed by atoms with Gasteiger partial charge in [-0.25, -0.2) is 0 Å². The Bertz CT molecular complexity index is 217. The predicted molar refractivity (Wildman–Crippen MR) is 56.7 cm³/mol. The number of morpholine rings is 1. The van der Waals surface area contributed by atoms with E-state index in [4.69, 9.17) is 4.74 Å². The summed E-state index contributed by atoms with van der Waals surface area (Å²) < 4.78 is 5.09. The Kier molecular flexibility index (Phi) is 3.94. The van der Waals surface area contributed by atoms with E-state index in [-0.39, 0.29) is 12.5 Å². The Labute approximate surface area is 90.4 Å². The van der Waals surface area contributed by atoms with E-state index >= 15 is 0 Å². The molecule has 86 valence electrons. The van der Waals surface area contributed by atoms with Crippen LogP contribution in [-0.2, 0) is 9.53 Å². The number of hydrogen-bond donors (Lipinski definition) is 1. The first-order chi connectivity index (χ1) is 7.36. The van der Waals surface area contributed by atoms with Crippen molar-refractivity contribution in [2.45, 2.75) is 0 Å². The second kappa shape index (κ2) is 5.44. The number of piperazine rings is 1. The Morgan fingerprint density at radius 2 is 2.00 bits per heavy atom. The fraction of sp³-hybridized carbons (Fsp3) is 0.900. The molecule has 0 radical (unpaired) electrons. The first kappa shape index (κ1) is 10.9. The summed E-state index contributed by atoms with van der Waals surface area (Å²) in [6.45, 7) is 7.88. The van der Waals surface area contributed by atoms with E-state index < -0.39 is 0 Å². The van der Waals surface area contributed by atoms with Crippen LogP contribution in [0.2, 0.25) is 0 Å². The van der Waals surface area contributed by atoms with Crippen LogP contribution in [0.1, 0.15) is 0 Å². The zero-order valence-corrected chi connectivity index (χ0v) is 9.07. The molecular formula is C10H19N3O2. The molecule has 2 aliphatic heterocycles. The average molecular weight is 213 g/mol. The fourth-order valence-corrected chi connectivity index (χ4v) is 1.98. The molecule has 2 rings (SSSR count). The number of carbonyl (C=O) groups excluding carboxylic acids is 1. The number of rotatable bonds is 3. The molecule has 0 unspecified atom stereocenters. The highest BCUT2D eigenvalue weighted by Crippen LogP contribution is 2.00. The molecule has 5 nitrogen and oxygen atoms in total. The second-order valence-electron chi connectivity index (χ2n) is 4.03. The van der Waals surface area contributed by atoms with Crippen LogP contribution >= 0.6 is 0 Å². The van der Waals surface area contributed by atoms with Gasteiger partial charge in [-0.05, 0) is 0 Å². The number of nitrogens with one attached hydrogen (secondary N) is 1. The number of hydrogen-bond acceptors (Lipinski definition) is 4. The third kappa shape index (κ3) is 3.15. The van der Waals surface area contributed by atoms with Crippen molar-refractivity contribution >= 4 is 5.91 Å². The van der Waals surface area contributed by atoms with Gasteiger partial charge in [0.1, 0.15) is 6.61 Å². The molecule has 2 heterocycles. The largest absolute Gasteiger partial charge is 0.370 e. The number of nitrogens with zero attached hydrogens (tertiary/aromatic N) is 2. The molecule has 15 heavy (non-hydrogen) atoms. The topological polar surface area (TPSA) is 44.8 Å². The van der Waals surface area contributed by atoms with E-state index in [1.54, 1.807) is 0 Å². The van der Waals surface area contributed by atoms with Gasteiger partial charge >= 0.3 is 0 Å². The minimum absolute atomic E-state index is 0.136. The van der Waals surface area contributed by atoms with Gasteiger partial charge in [0.15, 0.2) is 0 Å². The van der Waals surface area contributed by atoms with Crippen molar-refractivity contribution in [3.8, 4) is 0 Å². The quantitative estimate of drug-likeness (QED) is 0.636. The van der Waals surface area contributed by atoms with Gasteiger partial charge in [0, 0.05) is 45.8 Å². The molecular weight excluding hydrogens is 194 g/mol. The lowest BCUT2D eigenvalue weighted by molar-refractivity contribution is -0.142. The van der Waals surface area contributed by atoms with E-state index in [9.17, 15) is 4.79 Å². The van der Waals surface area contributed by atoms with E-state index in [0.29, 0.717) is 6.61 Å². The molecule has 0 spiro atoms. The van der Waals surface area contributed by atoms with Crippen molar-refractivity contribution < 1.29 is 9.53 Å². The lowest BCUT2D eigenvalue weighted by atomic mass is 10.3. The first-order valence-corrected chi connectivity index (χ1v) is 5.65.